The molecule has 0 bridgehead atoms. The maximum atomic E-state index is 12.7. The van der Waals surface area contributed by atoms with E-state index in [1.807, 2.05) is 33.9 Å². The summed E-state index contributed by atoms with van der Waals surface area (Å²) in [5.41, 5.74) is 8.26. The van der Waals surface area contributed by atoms with Crippen molar-refractivity contribution in [2.75, 3.05) is 26.8 Å². The fourth-order valence-electron chi connectivity index (χ4n) is 3.58. The van der Waals surface area contributed by atoms with E-state index in [-0.39, 0.29) is 30.7 Å². The third-order valence-electron chi connectivity index (χ3n) is 4.87. The van der Waals surface area contributed by atoms with Gasteiger partial charge in [0.2, 0.25) is 5.91 Å². The number of aromatic nitrogens is 2. The number of imidazole rings is 1. The number of hydrogen-bond donors (Lipinski definition) is 1. The van der Waals surface area contributed by atoms with Crippen LogP contribution in [0, 0.1) is 5.92 Å². The highest BCUT2D eigenvalue weighted by Gasteiger charge is 2.27. The van der Waals surface area contributed by atoms with Crippen LogP contribution in [0.4, 0.5) is 0 Å². The van der Waals surface area contributed by atoms with Crippen molar-refractivity contribution in [1.82, 2.24) is 14.5 Å². The molecule has 0 saturated carbocycles. The molecule has 0 aliphatic carbocycles. The highest BCUT2D eigenvalue weighted by atomic mass is 35.5. The molecule has 1 aliphatic heterocycles. The van der Waals surface area contributed by atoms with Crippen LogP contribution in [0.5, 0.6) is 0 Å². The number of nitrogens with two attached hydrogens (primary N) is 1. The highest BCUT2D eigenvalue weighted by molar-refractivity contribution is 5.85. The van der Waals surface area contributed by atoms with E-state index < -0.39 is 6.04 Å². The summed E-state index contributed by atoms with van der Waals surface area (Å²) in [4.78, 5) is 19.0. The molecule has 1 fully saturated rings. The first-order valence-electron chi connectivity index (χ1n) is 9.23. The van der Waals surface area contributed by atoms with Gasteiger partial charge in [0.1, 0.15) is 0 Å². The number of carbonyl (C=O) groups is 1. The SMILES string of the molecule is COCC1CCCN(C(=O)[C@@H](N)Cc2cn(Cc3ccccc3)cn2)C1.Cl.Cl. The predicted molar refractivity (Wildman–Crippen MR) is 115 cm³/mol. The van der Waals surface area contributed by atoms with Gasteiger partial charge < -0.3 is 19.9 Å². The molecule has 1 aromatic heterocycles. The minimum atomic E-state index is -0.545. The molecule has 1 saturated heterocycles. The van der Waals surface area contributed by atoms with Gasteiger partial charge in [-0.25, -0.2) is 4.98 Å². The van der Waals surface area contributed by atoms with E-state index in [1.165, 1.54) is 5.56 Å². The lowest BCUT2D eigenvalue weighted by molar-refractivity contribution is -0.134. The Balaban J connectivity index is 0.00000196. The van der Waals surface area contributed by atoms with Crippen LogP contribution in [0.2, 0.25) is 0 Å². The van der Waals surface area contributed by atoms with E-state index in [4.69, 9.17) is 10.5 Å². The van der Waals surface area contributed by atoms with Crippen LogP contribution in [0.3, 0.4) is 0 Å². The van der Waals surface area contributed by atoms with Crippen molar-refractivity contribution in [1.29, 1.82) is 0 Å². The maximum Gasteiger partial charge on any atom is 0.239 e. The van der Waals surface area contributed by atoms with Gasteiger partial charge in [0.15, 0.2) is 0 Å². The zero-order valence-electron chi connectivity index (χ0n) is 16.2. The Morgan fingerprint density at radius 1 is 1.32 bits per heavy atom. The smallest absolute Gasteiger partial charge is 0.239 e. The fourth-order valence-corrected chi connectivity index (χ4v) is 3.58. The number of hydrogen-bond acceptors (Lipinski definition) is 4. The van der Waals surface area contributed by atoms with Gasteiger partial charge >= 0.3 is 0 Å². The number of methoxy groups -OCH3 is 1. The van der Waals surface area contributed by atoms with Crippen molar-refractivity contribution in [3.05, 3.63) is 54.1 Å². The third kappa shape index (κ3) is 6.78. The fraction of sp³-hybridized carbons (Fsp3) is 0.500. The summed E-state index contributed by atoms with van der Waals surface area (Å²) in [6.45, 7) is 2.99. The standard InChI is InChI=1S/C20H28N4O2.2ClH/c1-26-14-17-8-5-9-24(12-17)20(25)19(21)10-18-13-23(15-22-18)11-16-6-3-2-4-7-16;;/h2-4,6-7,13,15,17,19H,5,8-12,14,21H2,1H3;2*1H/t17?,19-;;/m0../s1. The van der Waals surface area contributed by atoms with E-state index in [0.29, 0.717) is 18.9 Å². The Morgan fingerprint density at radius 3 is 2.79 bits per heavy atom. The molecule has 6 nitrogen and oxygen atoms in total. The van der Waals surface area contributed by atoms with Crippen molar-refractivity contribution in [2.24, 2.45) is 11.7 Å². The number of nitrogens with zero attached hydrogens (tertiary/aromatic N) is 3. The summed E-state index contributed by atoms with van der Waals surface area (Å²) in [6, 6.07) is 9.68. The molecule has 2 aromatic rings. The summed E-state index contributed by atoms with van der Waals surface area (Å²) in [6.07, 6.45) is 6.36. The first-order valence-corrected chi connectivity index (χ1v) is 9.23. The second-order valence-electron chi connectivity index (χ2n) is 7.08. The molecule has 2 atom stereocenters. The Hall–Kier alpha value is -1.60. The van der Waals surface area contributed by atoms with Crippen LogP contribution in [0.1, 0.15) is 24.1 Å². The molecule has 156 valence electrons. The molecule has 3 rings (SSSR count). The molecule has 1 amide bonds. The van der Waals surface area contributed by atoms with Gasteiger partial charge in [-0.1, -0.05) is 30.3 Å². The number of rotatable bonds is 7. The molecule has 1 unspecified atom stereocenters. The number of piperidine rings is 1. The van der Waals surface area contributed by atoms with E-state index in [0.717, 1.165) is 38.2 Å². The van der Waals surface area contributed by atoms with Crippen molar-refractivity contribution < 1.29 is 9.53 Å². The summed E-state index contributed by atoms with van der Waals surface area (Å²) < 4.78 is 7.26. The van der Waals surface area contributed by atoms with Crippen LogP contribution in [-0.2, 0) is 22.5 Å². The predicted octanol–water partition coefficient (Wildman–Crippen LogP) is 2.53. The Labute approximate surface area is 179 Å². The molecule has 28 heavy (non-hydrogen) atoms. The topological polar surface area (TPSA) is 73.4 Å². The lowest BCUT2D eigenvalue weighted by Gasteiger charge is -2.33. The van der Waals surface area contributed by atoms with Crippen molar-refractivity contribution in [3.63, 3.8) is 0 Å². The largest absolute Gasteiger partial charge is 0.384 e. The van der Waals surface area contributed by atoms with Gasteiger partial charge in [0.25, 0.3) is 0 Å². The molecular formula is C20H30Cl2N4O2. The van der Waals surface area contributed by atoms with Gasteiger partial charge in [-0.15, -0.1) is 24.8 Å². The molecule has 2 N–H and O–H groups in total. The van der Waals surface area contributed by atoms with Crippen molar-refractivity contribution >= 4 is 30.7 Å². The first-order chi connectivity index (χ1) is 12.7. The molecular weight excluding hydrogens is 399 g/mol. The van der Waals surface area contributed by atoms with Gasteiger partial charge in [-0.2, -0.15) is 0 Å². The number of halogens is 2. The van der Waals surface area contributed by atoms with Crippen LogP contribution >= 0.6 is 24.8 Å². The lowest BCUT2D eigenvalue weighted by Crippen LogP contribution is -2.49. The average molecular weight is 429 g/mol. The molecule has 8 heteroatoms. The van der Waals surface area contributed by atoms with E-state index in [1.54, 1.807) is 13.4 Å². The number of carbonyl (C=O) groups excluding carboxylic acids is 1. The molecule has 2 heterocycles. The van der Waals surface area contributed by atoms with E-state index >= 15 is 0 Å². The normalized spacial score (nSPS) is 17.4. The van der Waals surface area contributed by atoms with Crippen LogP contribution < -0.4 is 5.73 Å². The monoisotopic (exact) mass is 428 g/mol. The van der Waals surface area contributed by atoms with Gasteiger partial charge in [-0.3, -0.25) is 4.79 Å². The summed E-state index contributed by atoms with van der Waals surface area (Å²) in [5, 5.41) is 0. The second-order valence-corrected chi connectivity index (χ2v) is 7.08. The van der Waals surface area contributed by atoms with E-state index in [9.17, 15) is 4.79 Å². The summed E-state index contributed by atoms with van der Waals surface area (Å²) in [5.74, 6) is 0.429. The maximum absolute atomic E-state index is 12.7. The Kier molecular flexibility index (Phi) is 10.5. The van der Waals surface area contributed by atoms with Gasteiger partial charge in [-0.05, 0) is 24.3 Å². The number of ether oxygens (including phenoxy) is 1. The minimum absolute atomic E-state index is 0. The average Bonchev–Trinajstić information content (AvgIpc) is 3.09. The van der Waals surface area contributed by atoms with Crippen LogP contribution in [0.15, 0.2) is 42.9 Å². The van der Waals surface area contributed by atoms with Crippen LogP contribution in [-0.4, -0.2) is 53.2 Å². The number of amides is 1. The third-order valence-corrected chi connectivity index (χ3v) is 4.87. The zero-order valence-corrected chi connectivity index (χ0v) is 17.8. The first kappa shape index (κ1) is 24.4. The van der Waals surface area contributed by atoms with Gasteiger partial charge in [0.05, 0.1) is 24.7 Å². The quantitative estimate of drug-likeness (QED) is 0.734. The molecule has 1 aliphatic rings. The summed E-state index contributed by atoms with van der Waals surface area (Å²) >= 11 is 0. The van der Waals surface area contributed by atoms with E-state index in [2.05, 4.69) is 17.1 Å². The molecule has 0 radical (unpaired) electrons. The second kappa shape index (κ2) is 12.1. The summed E-state index contributed by atoms with van der Waals surface area (Å²) in [7, 11) is 1.71. The Bertz CT molecular complexity index is 709. The number of benzene rings is 1. The van der Waals surface area contributed by atoms with Gasteiger partial charge in [0, 0.05) is 39.4 Å². The zero-order chi connectivity index (χ0) is 18.4. The molecule has 1 aromatic carbocycles. The minimum Gasteiger partial charge on any atom is -0.384 e. The Morgan fingerprint density at radius 2 is 2.07 bits per heavy atom. The van der Waals surface area contributed by atoms with Crippen molar-refractivity contribution in [2.45, 2.75) is 31.8 Å². The number of likely N-dealkylation sites (tertiary alicyclic amines) is 1. The molecule has 0 spiro atoms. The highest BCUT2D eigenvalue weighted by Crippen LogP contribution is 2.17. The van der Waals surface area contributed by atoms with Crippen molar-refractivity contribution in [3.8, 4) is 0 Å². The lowest BCUT2D eigenvalue weighted by atomic mass is 9.98. The van der Waals surface area contributed by atoms with Crippen LogP contribution in [0.25, 0.3) is 0 Å².